The standard InChI is InChI=1S/C10H20.C2H2/c1-9(2)7-5-6-8-10(9,3)4;1-2/h5-8H2,1-4H3;1-2H. The highest BCUT2D eigenvalue weighted by molar-refractivity contribution is 4.89. The van der Waals surface area contributed by atoms with Gasteiger partial charge in [0.05, 0.1) is 0 Å². The zero-order valence-corrected chi connectivity index (χ0v) is 8.98. The van der Waals surface area contributed by atoms with E-state index in [1.807, 2.05) is 0 Å². The molecule has 0 amide bonds. The molecule has 1 fully saturated rings. The van der Waals surface area contributed by atoms with E-state index in [9.17, 15) is 0 Å². The predicted molar refractivity (Wildman–Crippen MR) is 55.9 cm³/mol. The lowest BCUT2D eigenvalue weighted by Gasteiger charge is -2.45. The van der Waals surface area contributed by atoms with E-state index in [2.05, 4.69) is 40.5 Å². The third-order valence-electron chi connectivity index (χ3n) is 3.69. The molecule has 1 saturated carbocycles. The maximum Gasteiger partial charge on any atom is -0.0303 e. The van der Waals surface area contributed by atoms with E-state index in [4.69, 9.17) is 0 Å². The summed E-state index contributed by atoms with van der Waals surface area (Å²) in [6.07, 6.45) is 13.7. The number of hydrogen-bond donors (Lipinski definition) is 0. The Morgan fingerprint density at radius 1 is 0.750 bits per heavy atom. The average molecular weight is 166 g/mol. The third kappa shape index (κ3) is 2.27. The highest BCUT2D eigenvalue weighted by atomic mass is 14.4. The van der Waals surface area contributed by atoms with Crippen molar-refractivity contribution in [1.29, 1.82) is 0 Å². The van der Waals surface area contributed by atoms with Gasteiger partial charge in [0.1, 0.15) is 0 Å². The molecule has 0 atom stereocenters. The van der Waals surface area contributed by atoms with Gasteiger partial charge in [0.15, 0.2) is 0 Å². The van der Waals surface area contributed by atoms with Crippen molar-refractivity contribution in [3.05, 3.63) is 0 Å². The smallest absolute Gasteiger partial charge is 0.0303 e. The summed E-state index contributed by atoms with van der Waals surface area (Å²) >= 11 is 0. The molecule has 0 spiro atoms. The highest BCUT2D eigenvalue weighted by Gasteiger charge is 2.38. The van der Waals surface area contributed by atoms with E-state index in [0.717, 1.165) is 0 Å². The minimum absolute atomic E-state index is 0.575. The van der Waals surface area contributed by atoms with Gasteiger partial charge >= 0.3 is 0 Å². The summed E-state index contributed by atoms with van der Waals surface area (Å²) in [7, 11) is 0. The highest BCUT2D eigenvalue weighted by Crippen LogP contribution is 2.49. The van der Waals surface area contributed by atoms with Crippen LogP contribution in [-0.2, 0) is 0 Å². The predicted octanol–water partition coefficient (Wildman–Crippen LogP) is 3.86. The summed E-state index contributed by atoms with van der Waals surface area (Å²) in [6.45, 7) is 9.64. The van der Waals surface area contributed by atoms with Crippen LogP contribution in [0.15, 0.2) is 0 Å². The van der Waals surface area contributed by atoms with E-state index >= 15 is 0 Å². The quantitative estimate of drug-likeness (QED) is 0.479. The van der Waals surface area contributed by atoms with Gasteiger partial charge < -0.3 is 0 Å². The number of terminal acetylenes is 1. The molecule has 0 unspecified atom stereocenters. The summed E-state index contributed by atoms with van der Waals surface area (Å²) < 4.78 is 0. The Labute approximate surface area is 77.8 Å². The molecule has 0 bridgehead atoms. The van der Waals surface area contributed by atoms with Crippen molar-refractivity contribution in [2.75, 3.05) is 0 Å². The first kappa shape index (κ1) is 11.6. The summed E-state index contributed by atoms with van der Waals surface area (Å²) in [4.78, 5) is 0. The Hall–Kier alpha value is -0.440. The summed E-state index contributed by atoms with van der Waals surface area (Å²) in [5.74, 6) is 0. The fourth-order valence-electron chi connectivity index (χ4n) is 1.81. The number of rotatable bonds is 0. The second kappa shape index (κ2) is 3.99. The fourth-order valence-corrected chi connectivity index (χ4v) is 1.81. The van der Waals surface area contributed by atoms with Crippen molar-refractivity contribution in [1.82, 2.24) is 0 Å². The van der Waals surface area contributed by atoms with Crippen LogP contribution in [0, 0.1) is 23.7 Å². The van der Waals surface area contributed by atoms with Gasteiger partial charge in [-0.05, 0) is 23.7 Å². The summed E-state index contributed by atoms with van der Waals surface area (Å²) in [5.41, 5.74) is 1.15. The molecule has 0 saturated heterocycles. The van der Waals surface area contributed by atoms with Crippen LogP contribution in [0.25, 0.3) is 0 Å². The SMILES string of the molecule is C#C.CC1(C)CCCCC1(C)C. The van der Waals surface area contributed by atoms with Crippen molar-refractivity contribution in [2.45, 2.75) is 53.4 Å². The van der Waals surface area contributed by atoms with Gasteiger partial charge in [-0.3, -0.25) is 0 Å². The molecule has 0 aromatic rings. The van der Waals surface area contributed by atoms with Gasteiger partial charge in [-0.1, -0.05) is 40.5 Å². The van der Waals surface area contributed by atoms with Crippen molar-refractivity contribution in [3.8, 4) is 12.8 Å². The van der Waals surface area contributed by atoms with Crippen LogP contribution in [0.5, 0.6) is 0 Å². The van der Waals surface area contributed by atoms with Crippen LogP contribution in [0.4, 0.5) is 0 Å². The van der Waals surface area contributed by atoms with Gasteiger partial charge in [0.2, 0.25) is 0 Å². The zero-order valence-electron chi connectivity index (χ0n) is 8.98. The Morgan fingerprint density at radius 2 is 1.00 bits per heavy atom. The zero-order chi connectivity index (χ0) is 9.83. The van der Waals surface area contributed by atoms with Crippen LogP contribution in [0.3, 0.4) is 0 Å². The van der Waals surface area contributed by atoms with Crippen LogP contribution in [-0.4, -0.2) is 0 Å². The first-order valence-corrected chi connectivity index (χ1v) is 4.79. The molecule has 0 aromatic carbocycles. The molecule has 12 heavy (non-hydrogen) atoms. The molecule has 0 nitrogen and oxygen atoms in total. The molecule has 0 heteroatoms. The second-order valence-corrected chi connectivity index (χ2v) is 4.97. The normalized spacial score (nSPS) is 25.2. The van der Waals surface area contributed by atoms with Crippen LogP contribution >= 0.6 is 0 Å². The number of hydrogen-bond acceptors (Lipinski definition) is 0. The van der Waals surface area contributed by atoms with Crippen LogP contribution < -0.4 is 0 Å². The first-order valence-electron chi connectivity index (χ1n) is 4.79. The van der Waals surface area contributed by atoms with Gasteiger partial charge in [0.25, 0.3) is 0 Å². The maximum atomic E-state index is 4.00. The van der Waals surface area contributed by atoms with Crippen molar-refractivity contribution >= 4 is 0 Å². The van der Waals surface area contributed by atoms with E-state index in [-0.39, 0.29) is 0 Å². The molecule has 1 rings (SSSR count). The molecule has 0 N–H and O–H groups in total. The lowest BCUT2D eigenvalue weighted by molar-refractivity contribution is 0.0520. The van der Waals surface area contributed by atoms with Crippen LogP contribution in [0.1, 0.15) is 53.4 Å². The molecule has 70 valence electrons. The van der Waals surface area contributed by atoms with Gasteiger partial charge in [-0.2, -0.15) is 0 Å². The minimum atomic E-state index is 0.575. The Balaban J connectivity index is 0.000000561. The Bertz CT molecular complexity index is 133. The van der Waals surface area contributed by atoms with Gasteiger partial charge in [-0.15, -0.1) is 12.8 Å². The van der Waals surface area contributed by atoms with Crippen molar-refractivity contribution in [3.63, 3.8) is 0 Å². The summed E-state index contributed by atoms with van der Waals surface area (Å²) in [5, 5.41) is 0. The molecule has 0 radical (unpaired) electrons. The molecular formula is C12H22. The van der Waals surface area contributed by atoms with E-state index < -0.39 is 0 Å². The lowest BCUT2D eigenvalue weighted by Crippen LogP contribution is -2.35. The Kier molecular flexibility index (Phi) is 3.84. The molecule has 0 aromatic heterocycles. The largest absolute Gasteiger partial charge is 0.124 e. The topological polar surface area (TPSA) is 0 Å². The lowest BCUT2D eigenvalue weighted by atomic mass is 9.60. The third-order valence-corrected chi connectivity index (χ3v) is 3.69. The fraction of sp³-hybridized carbons (Fsp3) is 0.833. The van der Waals surface area contributed by atoms with E-state index in [1.165, 1.54) is 25.7 Å². The van der Waals surface area contributed by atoms with E-state index in [1.54, 1.807) is 0 Å². The van der Waals surface area contributed by atoms with Gasteiger partial charge in [0, 0.05) is 0 Å². The molecule has 0 heterocycles. The maximum absolute atomic E-state index is 4.00. The van der Waals surface area contributed by atoms with Crippen LogP contribution in [0.2, 0.25) is 0 Å². The monoisotopic (exact) mass is 166 g/mol. The van der Waals surface area contributed by atoms with Crippen molar-refractivity contribution < 1.29 is 0 Å². The van der Waals surface area contributed by atoms with Crippen molar-refractivity contribution in [2.24, 2.45) is 10.8 Å². The van der Waals surface area contributed by atoms with Gasteiger partial charge in [-0.25, -0.2) is 0 Å². The van der Waals surface area contributed by atoms with E-state index in [0.29, 0.717) is 10.8 Å². The average Bonchev–Trinajstić information content (AvgIpc) is 2.00. The molecular weight excluding hydrogens is 144 g/mol. The Morgan fingerprint density at radius 3 is 1.17 bits per heavy atom. The molecule has 1 aliphatic carbocycles. The second-order valence-electron chi connectivity index (χ2n) is 4.97. The summed E-state index contributed by atoms with van der Waals surface area (Å²) in [6, 6.07) is 0. The minimum Gasteiger partial charge on any atom is -0.124 e. The first-order chi connectivity index (χ1) is 5.46. The molecule has 1 aliphatic rings. The molecule has 0 aliphatic heterocycles.